The first kappa shape index (κ1) is 18.2. The van der Waals surface area contributed by atoms with Gasteiger partial charge in [0.1, 0.15) is 11.6 Å². The lowest BCUT2D eigenvalue weighted by atomic mass is 10.00. The van der Waals surface area contributed by atoms with Crippen LogP contribution in [-0.4, -0.2) is 37.1 Å². The minimum Gasteiger partial charge on any atom is -0.494 e. The van der Waals surface area contributed by atoms with Crippen LogP contribution in [0.3, 0.4) is 0 Å². The smallest absolute Gasteiger partial charge is 0.255 e. The third kappa shape index (κ3) is 4.95. The Morgan fingerprint density at radius 2 is 2.15 bits per heavy atom. The summed E-state index contributed by atoms with van der Waals surface area (Å²) in [6, 6.07) is 11.2. The molecule has 0 saturated carbocycles. The third-order valence-corrected chi connectivity index (χ3v) is 4.43. The van der Waals surface area contributed by atoms with Crippen LogP contribution < -0.4 is 20.7 Å². The van der Waals surface area contributed by atoms with E-state index in [1.807, 2.05) is 31.2 Å². The maximum Gasteiger partial charge on any atom is 0.255 e. The summed E-state index contributed by atoms with van der Waals surface area (Å²) in [5.41, 5.74) is 1.41. The highest BCUT2D eigenvalue weighted by atomic mass is 16.5. The van der Waals surface area contributed by atoms with Crippen LogP contribution >= 0.6 is 0 Å². The first-order chi connectivity index (χ1) is 12.8. The number of hydrogen-bond acceptors (Lipinski definition) is 5. The summed E-state index contributed by atoms with van der Waals surface area (Å²) in [5.74, 6) is 1.76. The van der Waals surface area contributed by atoms with Crippen molar-refractivity contribution in [2.24, 2.45) is 5.92 Å². The topological polar surface area (TPSA) is 75.3 Å². The fourth-order valence-electron chi connectivity index (χ4n) is 3.06. The largest absolute Gasteiger partial charge is 0.494 e. The number of nitrogens with zero attached hydrogens (tertiary/aromatic N) is 1. The second kappa shape index (κ2) is 9.20. The van der Waals surface area contributed by atoms with E-state index in [1.54, 1.807) is 18.3 Å². The third-order valence-electron chi connectivity index (χ3n) is 4.43. The molecule has 1 atom stereocenters. The molecule has 1 saturated heterocycles. The lowest BCUT2D eigenvalue weighted by molar-refractivity contribution is 0.0945. The molecule has 26 heavy (non-hydrogen) atoms. The van der Waals surface area contributed by atoms with Gasteiger partial charge in [0.05, 0.1) is 12.2 Å². The number of carbonyl (C=O) groups is 1. The van der Waals surface area contributed by atoms with Gasteiger partial charge >= 0.3 is 0 Å². The van der Waals surface area contributed by atoms with Gasteiger partial charge in [-0.2, -0.15) is 0 Å². The number of hydrogen-bond donors (Lipinski definition) is 3. The molecule has 1 amide bonds. The Kier molecular flexibility index (Phi) is 6.44. The van der Waals surface area contributed by atoms with Crippen molar-refractivity contribution in [3.63, 3.8) is 0 Å². The number of nitrogens with one attached hydrogen (secondary N) is 3. The number of anilines is 2. The van der Waals surface area contributed by atoms with Crippen molar-refractivity contribution in [1.29, 1.82) is 0 Å². The van der Waals surface area contributed by atoms with Crippen molar-refractivity contribution in [2.75, 3.05) is 31.6 Å². The molecule has 3 N–H and O–H groups in total. The van der Waals surface area contributed by atoms with E-state index in [0.29, 0.717) is 30.5 Å². The van der Waals surface area contributed by atoms with Crippen LogP contribution in [-0.2, 0) is 0 Å². The van der Waals surface area contributed by atoms with E-state index in [2.05, 4.69) is 20.9 Å². The highest BCUT2D eigenvalue weighted by Gasteiger charge is 2.16. The predicted molar refractivity (Wildman–Crippen MR) is 103 cm³/mol. The van der Waals surface area contributed by atoms with Crippen molar-refractivity contribution < 1.29 is 9.53 Å². The van der Waals surface area contributed by atoms with Crippen LogP contribution in [0, 0.1) is 5.92 Å². The Bertz CT molecular complexity index is 712. The Morgan fingerprint density at radius 1 is 1.31 bits per heavy atom. The van der Waals surface area contributed by atoms with Gasteiger partial charge in [-0.1, -0.05) is 0 Å². The molecule has 1 aromatic heterocycles. The van der Waals surface area contributed by atoms with Gasteiger partial charge < -0.3 is 20.7 Å². The Balaban J connectivity index is 1.64. The number of piperidine rings is 1. The monoisotopic (exact) mass is 354 g/mol. The Morgan fingerprint density at radius 3 is 2.88 bits per heavy atom. The zero-order valence-electron chi connectivity index (χ0n) is 15.1. The van der Waals surface area contributed by atoms with Gasteiger partial charge in [-0.15, -0.1) is 0 Å². The number of carbonyl (C=O) groups excluding carboxylic acids is 1. The van der Waals surface area contributed by atoms with Crippen LogP contribution in [0.1, 0.15) is 30.1 Å². The predicted octanol–water partition coefficient (Wildman–Crippen LogP) is 2.95. The molecule has 6 heteroatoms. The van der Waals surface area contributed by atoms with Gasteiger partial charge in [-0.3, -0.25) is 4.79 Å². The molecule has 0 aliphatic carbocycles. The molecule has 0 spiro atoms. The van der Waals surface area contributed by atoms with Crippen LogP contribution in [0.25, 0.3) is 0 Å². The van der Waals surface area contributed by atoms with E-state index in [4.69, 9.17) is 4.74 Å². The van der Waals surface area contributed by atoms with Crippen LogP contribution in [0.4, 0.5) is 11.5 Å². The second-order valence-corrected chi connectivity index (χ2v) is 6.40. The number of ether oxygens (including phenoxy) is 1. The summed E-state index contributed by atoms with van der Waals surface area (Å²) in [4.78, 5) is 16.9. The van der Waals surface area contributed by atoms with Crippen molar-refractivity contribution in [1.82, 2.24) is 15.6 Å². The number of benzene rings is 1. The average Bonchev–Trinajstić information content (AvgIpc) is 2.69. The summed E-state index contributed by atoms with van der Waals surface area (Å²) in [6.45, 7) is 5.30. The van der Waals surface area contributed by atoms with Crippen LogP contribution in [0.5, 0.6) is 5.75 Å². The summed E-state index contributed by atoms with van der Waals surface area (Å²) in [6.07, 6.45) is 3.99. The molecule has 2 aromatic rings. The van der Waals surface area contributed by atoms with E-state index in [0.717, 1.165) is 37.4 Å². The normalized spacial score (nSPS) is 16.7. The first-order valence-electron chi connectivity index (χ1n) is 9.20. The first-order valence-corrected chi connectivity index (χ1v) is 9.20. The second-order valence-electron chi connectivity index (χ2n) is 6.40. The highest BCUT2D eigenvalue weighted by molar-refractivity contribution is 5.99. The van der Waals surface area contributed by atoms with Crippen LogP contribution in [0.15, 0.2) is 42.6 Å². The standard InChI is InChI=1S/C20H26N4O2/c1-2-26-17-9-7-16(8-10-17)24-19-18(6-4-12-22-19)20(25)23-14-15-5-3-11-21-13-15/h4,6-10,12,15,21H,2-3,5,11,13-14H2,1H3,(H,22,24)(H,23,25). The maximum atomic E-state index is 12.6. The van der Waals surface area contributed by atoms with Crippen molar-refractivity contribution in [3.05, 3.63) is 48.2 Å². The summed E-state index contributed by atoms with van der Waals surface area (Å²) >= 11 is 0. The Labute approximate surface area is 154 Å². The molecule has 6 nitrogen and oxygen atoms in total. The fourth-order valence-corrected chi connectivity index (χ4v) is 3.06. The zero-order chi connectivity index (χ0) is 18.2. The van der Waals surface area contributed by atoms with Gasteiger partial charge in [0.15, 0.2) is 0 Å². The Hall–Kier alpha value is -2.60. The van der Waals surface area contributed by atoms with Gasteiger partial charge in [0, 0.05) is 18.4 Å². The molecule has 1 aliphatic rings. The van der Waals surface area contributed by atoms with E-state index in [-0.39, 0.29) is 5.91 Å². The number of amides is 1. The molecule has 138 valence electrons. The highest BCUT2D eigenvalue weighted by Crippen LogP contribution is 2.21. The fraction of sp³-hybridized carbons (Fsp3) is 0.400. The van der Waals surface area contributed by atoms with Gasteiger partial charge in [-0.25, -0.2) is 4.98 Å². The van der Waals surface area contributed by atoms with Crippen molar-refractivity contribution in [3.8, 4) is 5.75 Å². The zero-order valence-corrected chi connectivity index (χ0v) is 15.1. The molecule has 1 aromatic carbocycles. The molecule has 1 unspecified atom stereocenters. The summed E-state index contributed by atoms with van der Waals surface area (Å²) < 4.78 is 5.45. The quantitative estimate of drug-likeness (QED) is 0.713. The molecule has 3 rings (SSSR count). The molecular formula is C20H26N4O2. The molecule has 1 fully saturated rings. The van der Waals surface area contributed by atoms with E-state index >= 15 is 0 Å². The van der Waals surface area contributed by atoms with E-state index in [1.165, 1.54) is 0 Å². The number of aromatic nitrogens is 1. The molecular weight excluding hydrogens is 328 g/mol. The van der Waals surface area contributed by atoms with E-state index < -0.39 is 0 Å². The van der Waals surface area contributed by atoms with Gasteiger partial charge in [-0.05, 0) is 75.2 Å². The lowest BCUT2D eigenvalue weighted by Gasteiger charge is -2.23. The van der Waals surface area contributed by atoms with Gasteiger partial charge in [0.25, 0.3) is 5.91 Å². The molecule has 2 heterocycles. The minimum absolute atomic E-state index is 0.0999. The number of pyridine rings is 1. The number of rotatable bonds is 7. The lowest BCUT2D eigenvalue weighted by Crippen LogP contribution is -2.38. The van der Waals surface area contributed by atoms with E-state index in [9.17, 15) is 4.79 Å². The average molecular weight is 354 g/mol. The maximum absolute atomic E-state index is 12.6. The van der Waals surface area contributed by atoms with Crippen LogP contribution in [0.2, 0.25) is 0 Å². The van der Waals surface area contributed by atoms with Crippen molar-refractivity contribution in [2.45, 2.75) is 19.8 Å². The minimum atomic E-state index is -0.0999. The SMILES string of the molecule is CCOc1ccc(Nc2ncccc2C(=O)NCC2CCCNC2)cc1. The molecule has 1 aliphatic heterocycles. The molecule has 0 radical (unpaired) electrons. The van der Waals surface area contributed by atoms with Crippen molar-refractivity contribution >= 4 is 17.4 Å². The van der Waals surface area contributed by atoms with Gasteiger partial charge in [0.2, 0.25) is 0 Å². The molecule has 0 bridgehead atoms. The summed E-state index contributed by atoms with van der Waals surface area (Å²) in [7, 11) is 0. The summed E-state index contributed by atoms with van der Waals surface area (Å²) in [5, 5.41) is 9.63.